The molecule has 30 heavy (non-hydrogen) atoms. The highest BCUT2D eigenvalue weighted by atomic mass is 35.5. The maximum atomic E-state index is 13.3. The van der Waals surface area contributed by atoms with E-state index in [9.17, 15) is 13.2 Å². The van der Waals surface area contributed by atoms with Gasteiger partial charge in [-0.25, -0.2) is 8.42 Å². The van der Waals surface area contributed by atoms with Gasteiger partial charge in [-0.15, -0.1) is 0 Å². The number of rotatable bonds is 4. The molecule has 0 unspecified atom stereocenters. The summed E-state index contributed by atoms with van der Waals surface area (Å²) in [5.41, 5.74) is 1.09. The largest absolute Gasteiger partial charge is 0.496 e. The van der Waals surface area contributed by atoms with Crippen LogP contribution in [0.3, 0.4) is 0 Å². The Hall–Kier alpha value is -2.77. The van der Waals surface area contributed by atoms with Crippen molar-refractivity contribution in [3.8, 4) is 5.75 Å². The van der Waals surface area contributed by atoms with Crippen molar-refractivity contribution < 1.29 is 17.9 Å². The van der Waals surface area contributed by atoms with Crippen LogP contribution in [-0.2, 0) is 14.8 Å². The third-order valence-electron chi connectivity index (χ3n) is 6.04. The van der Waals surface area contributed by atoms with Crippen molar-refractivity contribution in [1.82, 2.24) is 0 Å². The van der Waals surface area contributed by atoms with E-state index in [0.29, 0.717) is 35.1 Å². The summed E-state index contributed by atoms with van der Waals surface area (Å²) in [5.74, 6) is -0.0320. The molecule has 2 atom stereocenters. The molecular weight excluding hydrogens is 424 g/mol. The molecule has 3 aromatic carbocycles. The number of hydrogen-bond donors (Lipinski definition) is 1. The molecule has 0 spiro atoms. The van der Waals surface area contributed by atoms with Crippen LogP contribution < -0.4 is 14.4 Å². The SMILES string of the molecule is COc1ccc(NC(=O)[C@]23C[C@H]2CN(c2ccc(Cl)cc2)S3(=O)=O)c2ccccc12. The number of nitrogens with one attached hydrogen (secondary N) is 1. The van der Waals surface area contributed by atoms with Crippen LogP contribution >= 0.6 is 11.6 Å². The lowest BCUT2D eigenvalue weighted by Gasteiger charge is -2.23. The Morgan fingerprint density at radius 2 is 1.80 bits per heavy atom. The molecule has 1 aliphatic carbocycles. The van der Waals surface area contributed by atoms with Gasteiger partial charge in [0, 0.05) is 33.9 Å². The lowest BCUT2D eigenvalue weighted by atomic mass is 10.1. The number of carbonyl (C=O) groups excluding carboxylic acids is 1. The molecule has 1 N–H and O–H groups in total. The van der Waals surface area contributed by atoms with Gasteiger partial charge in [-0.05, 0) is 42.8 Å². The van der Waals surface area contributed by atoms with Gasteiger partial charge in [0.05, 0.1) is 12.8 Å². The fourth-order valence-electron chi connectivity index (χ4n) is 4.36. The smallest absolute Gasteiger partial charge is 0.250 e. The average molecular weight is 443 g/mol. The van der Waals surface area contributed by atoms with Gasteiger partial charge in [0.2, 0.25) is 15.9 Å². The molecule has 0 radical (unpaired) electrons. The zero-order chi connectivity index (χ0) is 21.1. The van der Waals surface area contributed by atoms with Gasteiger partial charge in [0.15, 0.2) is 4.75 Å². The summed E-state index contributed by atoms with van der Waals surface area (Å²) in [4.78, 5) is 13.3. The second-order valence-electron chi connectivity index (χ2n) is 7.62. The van der Waals surface area contributed by atoms with Crippen LogP contribution in [0.1, 0.15) is 6.42 Å². The van der Waals surface area contributed by atoms with E-state index in [1.807, 2.05) is 24.3 Å². The quantitative estimate of drug-likeness (QED) is 0.661. The Balaban J connectivity index is 1.48. The van der Waals surface area contributed by atoms with Crippen LogP contribution in [0.15, 0.2) is 60.7 Å². The first-order chi connectivity index (χ1) is 14.4. The summed E-state index contributed by atoms with van der Waals surface area (Å²) >= 11 is 5.92. The molecule has 0 bridgehead atoms. The first kappa shape index (κ1) is 19.2. The van der Waals surface area contributed by atoms with Crippen LogP contribution in [0, 0.1) is 5.92 Å². The number of anilines is 2. The van der Waals surface area contributed by atoms with Crippen molar-refractivity contribution in [2.45, 2.75) is 11.2 Å². The van der Waals surface area contributed by atoms with Crippen molar-refractivity contribution in [2.24, 2.45) is 5.92 Å². The summed E-state index contributed by atoms with van der Waals surface area (Å²) in [6.45, 7) is 0.292. The van der Waals surface area contributed by atoms with Gasteiger partial charge in [-0.3, -0.25) is 9.10 Å². The van der Waals surface area contributed by atoms with Crippen LogP contribution in [0.5, 0.6) is 5.75 Å². The monoisotopic (exact) mass is 442 g/mol. The van der Waals surface area contributed by atoms with Gasteiger partial charge < -0.3 is 10.1 Å². The van der Waals surface area contributed by atoms with Crippen molar-refractivity contribution in [3.63, 3.8) is 0 Å². The van der Waals surface area contributed by atoms with Gasteiger partial charge in [0.25, 0.3) is 0 Å². The molecule has 1 heterocycles. The van der Waals surface area contributed by atoms with Crippen molar-refractivity contribution >= 4 is 49.7 Å². The van der Waals surface area contributed by atoms with Crippen LogP contribution in [0.4, 0.5) is 11.4 Å². The number of amides is 1. The van der Waals surface area contributed by atoms with Crippen LogP contribution in [-0.4, -0.2) is 32.7 Å². The number of nitrogens with zero attached hydrogens (tertiary/aromatic N) is 1. The number of methoxy groups -OCH3 is 1. The molecule has 154 valence electrons. The summed E-state index contributed by atoms with van der Waals surface area (Å²) < 4.78 is 32.0. The van der Waals surface area contributed by atoms with Crippen molar-refractivity contribution in [3.05, 3.63) is 65.7 Å². The molecule has 2 aliphatic rings. The molecule has 3 aromatic rings. The van der Waals surface area contributed by atoms with E-state index in [2.05, 4.69) is 5.32 Å². The standard InChI is InChI=1S/C22H19ClN2O4S/c1-29-20-11-10-19(17-4-2-3-5-18(17)20)24-21(26)22-12-14(22)13-25(30(22,27)28)16-8-6-15(23)7-9-16/h2-11,14H,12-13H2,1H3,(H,24,26)/t14-,22-/m0/s1. The third kappa shape index (κ3) is 2.62. The Labute approximate surface area is 179 Å². The Kier molecular flexibility index (Phi) is 4.24. The Morgan fingerprint density at radius 3 is 2.50 bits per heavy atom. The molecule has 6 nitrogen and oxygen atoms in total. The molecule has 1 amide bonds. The van der Waals surface area contributed by atoms with E-state index in [1.165, 1.54) is 4.31 Å². The van der Waals surface area contributed by atoms with E-state index in [-0.39, 0.29) is 5.92 Å². The first-order valence-electron chi connectivity index (χ1n) is 9.53. The van der Waals surface area contributed by atoms with E-state index in [1.54, 1.807) is 43.5 Å². The molecule has 5 rings (SSSR count). The highest BCUT2D eigenvalue weighted by Crippen LogP contribution is 2.58. The number of hydrogen-bond acceptors (Lipinski definition) is 4. The third-order valence-corrected chi connectivity index (χ3v) is 8.83. The fourth-order valence-corrected chi connectivity index (χ4v) is 6.85. The van der Waals surface area contributed by atoms with Gasteiger partial charge in [-0.2, -0.15) is 0 Å². The fraction of sp³-hybridized carbons (Fsp3) is 0.227. The number of fused-ring (bicyclic) bond motifs is 2. The second-order valence-corrected chi connectivity index (χ2v) is 10.2. The zero-order valence-corrected chi connectivity index (χ0v) is 17.7. The van der Waals surface area contributed by atoms with Gasteiger partial charge in [0.1, 0.15) is 5.75 Å². The minimum Gasteiger partial charge on any atom is -0.496 e. The van der Waals surface area contributed by atoms with Crippen molar-refractivity contribution in [1.29, 1.82) is 0 Å². The molecule has 1 saturated carbocycles. The number of ether oxygens (including phenoxy) is 1. The molecule has 1 saturated heterocycles. The number of carbonyl (C=O) groups is 1. The van der Waals surface area contributed by atoms with Gasteiger partial charge >= 0.3 is 0 Å². The summed E-state index contributed by atoms with van der Waals surface area (Å²) in [6.07, 6.45) is 0.333. The van der Waals surface area contributed by atoms with E-state index >= 15 is 0 Å². The minimum absolute atomic E-state index is 0.234. The first-order valence-corrected chi connectivity index (χ1v) is 11.4. The molecule has 2 fully saturated rings. The lowest BCUT2D eigenvalue weighted by molar-refractivity contribution is -0.116. The minimum atomic E-state index is -3.85. The van der Waals surface area contributed by atoms with Gasteiger partial charge in [-0.1, -0.05) is 35.9 Å². The second kappa shape index (κ2) is 6.62. The summed E-state index contributed by atoms with van der Waals surface area (Å²) in [5, 5.41) is 5.04. The summed E-state index contributed by atoms with van der Waals surface area (Å²) in [7, 11) is -2.26. The maximum Gasteiger partial charge on any atom is 0.250 e. The Bertz CT molecular complexity index is 1280. The average Bonchev–Trinajstić information content (AvgIpc) is 3.44. The summed E-state index contributed by atoms with van der Waals surface area (Å²) in [6, 6.07) is 17.6. The number of benzene rings is 3. The predicted molar refractivity (Wildman–Crippen MR) is 118 cm³/mol. The molecule has 0 aromatic heterocycles. The molecular formula is C22H19ClN2O4S. The number of halogens is 1. The van der Waals surface area contributed by atoms with E-state index in [0.717, 1.165) is 10.8 Å². The van der Waals surface area contributed by atoms with Crippen molar-refractivity contribution in [2.75, 3.05) is 23.3 Å². The zero-order valence-electron chi connectivity index (χ0n) is 16.1. The highest BCUT2D eigenvalue weighted by molar-refractivity contribution is 7.95. The Morgan fingerprint density at radius 1 is 1.10 bits per heavy atom. The highest BCUT2D eigenvalue weighted by Gasteiger charge is 2.75. The lowest BCUT2D eigenvalue weighted by Crippen LogP contribution is -2.42. The predicted octanol–water partition coefficient (Wildman–Crippen LogP) is 4.05. The van der Waals surface area contributed by atoms with E-state index < -0.39 is 20.7 Å². The topological polar surface area (TPSA) is 75.7 Å². The number of sulfonamides is 1. The van der Waals surface area contributed by atoms with Crippen LogP contribution in [0.2, 0.25) is 5.02 Å². The normalized spacial score (nSPS) is 23.8. The van der Waals surface area contributed by atoms with E-state index in [4.69, 9.17) is 16.3 Å². The van der Waals surface area contributed by atoms with Crippen LogP contribution in [0.25, 0.3) is 10.8 Å². The molecule has 1 aliphatic heterocycles. The maximum absolute atomic E-state index is 13.3. The molecule has 8 heteroatoms.